The number of ether oxygens (including phenoxy) is 2. The fourth-order valence-corrected chi connectivity index (χ4v) is 4.16. The average molecular weight is 456 g/mol. The first-order valence-corrected chi connectivity index (χ1v) is 10.2. The Morgan fingerprint density at radius 3 is 2.35 bits per heavy atom. The van der Waals surface area contributed by atoms with Gasteiger partial charge in [-0.3, -0.25) is 9.69 Å². The molecule has 3 N–H and O–H groups in total. The number of nitrogens with one attached hydrogen (secondary N) is 1. The SMILES string of the molecule is COC(=O)C1=C(C(=O)OC)N(c2cccc3c(=O)[nH]ccc23)C(N)=C(C#N)C1c1ccccc1. The zero-order valence-corrected chi connectivity index (χ0v) is 18.4. The minimum Gasteiger partial charge on any atom is -0.466 e. The summed E-state index contributed by atoms with van der Waals surface area (Å²) in [4.78, 5) is 42.5. The number of nitrogens with two attached hydrogens (primary N) is 1. The summed E-state index contributed by atoms with van der Waals surface area (Å²) in [7, 11) is 2.36. The van der Waals surface area contributed by atoms with Crippen LogP contribution in [0.2, 0.25) is 0 Å². The molecule has 3 aromatic rings. The van der Waals surface area contributed by atoms with Crippen LogP contribution >= 0.6 is 0 Å². The second-order valence-electron chi connectivity index (χ2n) is 7.38. The van der Waals surface area contributed by atoms with Gasteiger partial charge < -0.3 is 20.2 Å². The van der Waals surface area contributed by atoms with Gasteiger partial charge in [0.2, 0.25) is 0 Å². The molecule has 0 fully saturated rings. The lowest BCUT2D eigenvalue weighted by Gasteiger charge is -2.36. The number of allylic oxidation sites excluding steroid dienone is 1. The van der Waals surface area contributed by atoms with Crippen molar-refractivity contribution >= 4 is 28.4 Å². The van der Waals surface area contributed by atoms with Gasteiger partial charge in [-0.1, -0.05) is 36.4 Å². The van der Waals surface area contributed by atoms with Crippen molar-refractivity contribution in [2.45, 2.75) is 5.92 Å². The molecule has 0 saturated heterocycles. The van der Waals surface area contributed by atoms with Gasteiger partial charge in [-0.15, -0.1) is 0 Å². The summed E-state index contributed by atoms with van der Waals surface area (Å²) in [5, 5.41) is 10.9. The van der Waals surface area contributed by atoms with E-state index in [-0.39, 0.29) is 28.2 Å². The molecule has 1 atom stereocenters. The third-order valence-corrected chi connectivity index (χ3v) is 5.64. The molecule has 0 aliphatic carbocycles. The van der Waals surface area contributed by atoms with Crippen LogP contribution in [0.15, 0.2) is 88.3 Å². The summed E-state index contributed by atoms with van der Waals surface area (Å²) in [6.45, 7) is 0. The van der Waals surface area contributed by atoms with E-state index in [1.165, 1.54) is 25.3 Å². The molecule has 4 rings (SSSR count). The predicted octanol–water partition coefficient (Wildman–Crippen LogP) is 2.43. The van der Waals surface area contributed by atoms with Crippen molar-refractivity contribution in [2.24, 2.45) is 5.73 Å². The topological polar surface area (TPSA) is 139 Å². The summed E-state index contributed by atoms with van der Waals surface area (Å²) < 4.78 is 10.1. The highest BCUT2D eigenvalue weighted by atomic mass is 16.5. The maximum Gasteiger partial charge on any atom is 0.355 e. The first-order chi connectivity index (χ1) is 16.4. The monoisotopic (exact) mass is 456 g/mol. The molecule has 1 aliphatic heterocycles. The van der Waals surface area contributed by atoms with E-state index in [9.17, 15) is 19.6 Å². The molecular formula is C25H20N4O5. The van der Waals surface area contributed by atoms with Crippen molar-refractivity contribution in [2.75, 3.05) is 19.1 Å². The number of carbonyl (C=O) groups is 2. The zero-order valence-electron chi connectivity index (χ0n) is 18.4. The Bertz CT molecular complexity index is 1460. The number of fused-ring (bicyclic) bond motifs is 1. The van der Waals surface area contributed by atoms with Gasteiger partial charge in [-0.05, 0) is 23.8 Å². The number of H-pyrrole nitrogens is 1. The Morgan fingerprint density at radius 1 is 1.00 bits per heavy atom. The summed E-state index contributed by atoms with van der Waals surface area (Å²) in [6, 6.07) is 17.3. The van der Waals surface area contributed by atoms with E-state index in [0.717, 1.165) is 0 Å². The van der Waals surface area contributed by atoms with E-state index in [0.29, 0.717) is 22.0 Å². The van der Waals surface area contributed by atoms with E-state index in [1.807, 2.05) is 0 Å². The van der Waals surface area contributed by atoms with E-state index in [4.69, 9.17) is 15.2 Å². The highest BCUT2D eigenvalue weighted by Crippen LogP contribution is 2.44. The molecule has 9 nitrogen and oxygen atoms in total. The van der Waals surface area contributed by atoms with Crippen molar-refractivity contribution in [1.29, 1.82) is 5.26 Å². The smallest absolute Gasteiger partial charge is 0.355 e. The Balaban J connectivity index is 2.14. The third-order valence-electron chi connectivity index (χ3n) is 5.64. The van der Waals surface area contributed by atoms with Crippen molar-refractivity contribution in [3.05, 3.63) is 99.4 Å². The maximum atomic E-state index is 13.1. The van der Waals surface area contributed by atoms with Crippen LogP contribution < -0.4 is 16.2 Å². The molecule has 170 valence electrons. The molecule has 2 aromatic carbocycles. The number of hydrogen-bond donors (Lipinski definition) is 2. The normalized spacial score (nSPS) is 15.8. The number of rotatable bonds is 4. The number of benzene rings is 2. The highest BCUT2D eigenvalue weighted by molar-refractivity contribution is 6.08. The molecule has 0 spiro atoms. The molecule has 9 heteroatoms. The highest BCUT2D eigenvalue weighted by Gasteiger charge is 2.43. The van der Waals surface area contributed by atoms with E-state index in [1.54, 1.807) is 54.6 Å². The molecule has 0 bridgehead atoms. The number of nitrogens with zero attached hydrogens (tertiary/aromatic N) is 2. The molecule has 0 radical (unpaired) electrons. The Hall–Kier alpha value is -4.84. The van der Waals surface area contributed by atoms with Gasteiger partial charge in [0.1, 0.15) is 11.5 Å². The van der Waals surface area contributed by atoms with Crippen molar-refractivity contribution in [1.82, 2.24) is 4.98 Å². The fraction of sp³-hybridized carbons (Fsp3) is 0.120. The average Bonchev–Trinajstić information content (AvgIpc) is 2.87. The van der Waals surface area contributed by atoms with Gasteiger partial charge in [-0.2, -0.15) is 5.26 Å². The lowest BCUT2D eigenvalue weighted by atomic mass is 9.81. The summed E-state index contributed by atoms with van der Waals surface area (Å²) in [5.74, 6) is -2.72. The Kier molecular flexibility index (Phi) is 5.89. The van der Waals surface area contributed by atoms with Crippen LogP contribution in [-0.4, -0.2) is 31.1 Å². The van der Waals surface area contributed by atoms with Crippen molar-refractivity contribution in [3.63, 3.8) is 0 Å². The fourth-order valence-electron chi connectivity index (χ4n) is 4.16. The molecular weight excluding hydrogens is 436 g/mol. The molecule has 34 heavy (non-hydrogen) atoms. The van der Waals surface area contributed by atoms with Crippen LogP contribution in [0.1, 0.15) is 11.5 Å². The van der Waals surface area contributed by atoms with E-state index >= 15 is 0 Å². The summed E-state index contributed by atoms with van der Waals surface area (Å²) in [6.07, 6.45) is 1.46. The number of aromatic amines is 1. The van der Waals surface area contributed by atoms with Crippen molar-refractivity contribution < 1.29 is 19.1 Å². The quantitative estimate of drug-likeness (QED) is 0.571. The number of esters is 2. The first-order valence-electron chi connectivity index (χ1n) is 10.2. The number of hydrogen-bond acceptors (Lipinski definition) is 8. The minimum atomic E-state index is -0.970. The van der Waals surface area contributed by atoms with Crippen LogP contribution in [0.25, 0.3) is 10.8 Å². The summed E-state index contributed by atoms with van der Waals surface area (Å²) >= 11 is 0. The number of carbonyl (C=O) groups excluding carboxylic acids is 2. The maximum absolute atomic E-state index is 13.1. The minimum absolute atomic E-state index is 0.0427. The molecule has 0 saturated carbocycles. The van der Waals surface area contributed by atoms with Gasteiger partial charge >= 0.3 is 11.9 Å². The Labute approximate surface area is 194 Å². The van der Waals surface area contributed by atoms with Gasteiger partial charge in [0.25, 0.3) is 5.56 Å². The molecule has 1 aliphatic rings. The van der Waals surface area contributed by atoms with Crippen LogP contribution in [0.4, 0.5) is 5.69 Å². The number of nitriles is 1. The van der Waals surface area contributed by atoms with E-state index < -0.39 is 17.9 Å². The van der Waals surface area contributed by atoms with Gasteiger partial charge in [-0.25, -0.2) is 9.59 Å². The molecule has 0 amide bonds. The van der Waals surface area contributed by atoms with Crippen LogP contribution in [0.3, 0.4) is 0 Å². The second kappa shape index (κ2) is 8.96. The molecule has 1 aromatic heterocycles. The van der Waals surface area contributed by atoms with E-state index in [2.05, 4.69) is 11.1 Å². The predicted molar refractivity (Wildman–Crippen MR) is 124 cm³/mol. The van der Waals surface area contributed by atoms with Crippen LogP contribution in [0.5, 0.6) is 0 Å². The lowest BCUT2D eigenvalue weighted by Crippen LogP contribution is -2.40. The number of anilines is 1. The first kappa shape index (κ1) is 22.4. The van der Waals surface area contributed by atoms with Gasteiger partial charge in [0.15, 0.2) is 0 Å². The number of methoxy groups -OCH3 is 2. The third kappa shape index (κ3) is 3.47. The Morgan fingerprint density at radius 2 is 1.71 bits per heavy atom. The number of aromatic nitrogens is 1. The summed E-state index contributed by atoms with van der Waals surface area (Å²) in [5.41, 5.74) is 6.79. The van der Waals surface area contributed by atoms with Crippen LogP contribution in [-0.2, 0) is 19.1 Å². The number of pyridine rings is 1. The van der Waals surface area contributed by atoms with Crippen molar-refractivity contribution in [3.8, 4) is 6.07 Å². The molecule has 2 heterocycles. The van der Waals surface area contributed by atoms with Gasteiger partial charge in [0, 0.05) is 17.0 Å². The van der Waals surface area contributed by atoms with Crippen LogP contribution in [0, 0.1) is 11.3 Å². The second-order valence-corrected chi connectivity index (χ2v) is 7.38. The largest absolute Gasteiger partial charge is 0.466 e. The lowest BCUT2D eigenvalue weighted by molar-refractivity contribution is -0.139. The standard InChI is InChI=1S/C25H20N4O5/c1-33-24(31)20-19(14-7-4-3-5-8-14)17(13-26)22(27)29(21(20)25(32)34-2)18-10-6-9-16-15(18)11-12-28-23(16)30/h3-12,19H,27H2,1-2H3,(H,28,30). The van der Waals surface area contributed by atoms with Gasteiger partial charge in [0.05, 0.1) is 43.0 Å². The molecule has 1 unspecified atom stereocenters. The zero-order chi connectivity index (χ0) is 24.4.